The van der Waals surface area contributed by atoms with Crippen molar-refractivity contribution in [1.29, 1.82) is 0 Å². The second-order valence-electron chi connectivity index (χ2n) is 2.91. The fourth-order valence-corrected chi connectivity index (χ4v) is 1.59. The van der Waals surface area contributed by atoms with E-state index in [4.69, 9.17) is 28.3 Å². The molecule has 1 aromatic carbocycles. The van der Waals surface area contributed by atoms with Crippen LogP contribution in [0.25, 0.3) is 0 Å². The van der Waals surface area contributed by atoms with Gasteiger partial charge in [-0.3, -0.25) is 4.79 Å². The second kappa shape index (κ2) is 4.51. The molecule has 0 saturated heterocycles. The molecule has 0 atom stereocenters. The van der Waals surface area contributed by atoms with Crippen LogP contribution < -0.4 is 0 Å². The molecule has 0 amide bonds. The number of phenols is 1. The summed E-state index contributed by atoms with van der Waals surface area (Å²) in [7, 11) is 0. The van der Waals surface area contributed by atoms with Gasteiger partial charge in [0.05, 0.1) is 10.9 Å². The number of phenolic OH excluding ortho intramolecular Hbond substituents is 1. The standard InChI is InChI=1S/C9H5Cl2F3O2/c10-3-7(16)4-1-5(11)8(6(15)2-4)9(12,13)14/h1-2,15H,3H2. The Balaban J connectivity index is 3.34. The van der Waals surface area contributed by atoms with Crippen molar-refractivity contribution < 1.29 is 23.1 Å². The summed E-state index contributed by atoms with van der Waals surface area (Å²) >= 11 is 10.6. The van der Waals surface area contributed by atoms with E-state index in [0.29, 0.717) is 6.07 Å². The van der Waals surface area contributed by atoms with Crippen LogP contribution in [-0.4, -0.2) is 16.8 Å². The minimum atomic E-state index is -4.77. The molecule has 0 unspecified atom stereocenters. The Hall–Kier alpha value is -0.940. The molecule has 0 radical (unpaired) electrons. The van der Waals surface area contributed by atoms with Gasteiger partial charge in [-0.25, -0.2) is 0 Å². The molecule has 0 fully saturated rings. The number of halogens is 5. The maximum absolute atomic E-state index is 12.4. The molecule has 2 nitrogen and oxygen atoms in total. The van der Waals surface area contributed by atoms with Crippen molar-refractivity contribution in [2.24, 2.45) is 0 Å². The van der Waals surface area contributed by atoms with Gasteiger partial charge in [0.2, 0.25) is 0 Å². The average molecular weight is 273 g/mol. The maximum atomic E-state index is 12.4. The number of aromatic hydroxyl groups is 1. The maximum Gasteiger partial charge on any atom is 0.421 e. The van der Waals surface area contributed by atoms with E-state index in [9.17, 15) is 18.0 Å². The van der Waals surface area contributed by atoms with Crippen LogP contribution in [0.5, 0.6) is 5.75 Å². The first-order chi connectivity index (χ1) is 7.27. The van der Waals surface area contributed by atoms with E-state index in [-0.39, 0.29) is 5.56 Å². The van der Waals surface area contributed by atoms with Gasteiger partial charge in [0.15, 0.2) is 5.78 Å². The zero-order valence-electron chi connectivity index (χ0n) is 7.61. The van der Waals surface area contributed by atoms with Gasteiger partial charge < -0.3 is 5.11 Å². The summed E-state index contributed by atoms with van der Waals surface area (Å²) in [5.41, 5.74) is -1.52. The average Bonchev–Trinajstić information content (AvgIpc) is 2.13. The summed E-state index contributed by atoms with van der Waals surface area (Å²) < 4.78 is 37.1. The van der Waals surface area contributed by atoms with E-state index < -0.39 is 34.2 Å². The van der Waals surface area contributed by atoms with Gasteiger partial charge in [-0.1, -0.05) is 11.6 Å². The van der Waals surface area contributed by atoms with E-state index in [1.807, 2.05) is 0 Å². The number of benzene rings is 1. The molecular weight excluding hydrogens is 268 g/mol. The van der Waals surface area contributed by atoms with Gasteiger partial charge in [0.25, 0.3) is 0 Å². The van der Waals surface area contributed by atoms with E-state index in [1.165, 1.54) is 0 Å². The van der Waals surface area contributed by atoms with Crippen LogP contribution in [0.3, 0.4) is 0 Å². The van der Waals surface area contributed by atoms with Crippen LogP contribution in [0.15, 0.2) is 12.1 Å². The number of alkyl halides is 4. The Morgan fingerprint density at radius 3 is 2.31 bits per heavy atom. The lowest BCUT2D eigenvalue weighted by molar-refractivity contribution is -0.138. The molecule has 0 saturated carbocycles. The number of ketones is 1. The zero-order chi connectivity index (χ0) is 12.5. The van der Waals surface area contributed by atoms with Gasteiger partial charge in [0, 0.05) is 5.56 Å². The number of rotatable bonds is 2. The first-order valence-corrected chi connectivity index (χ1v) is 4.87. The largest absolute Gasteiger partial charge is 0.507 e. The van der Waals surface area contributed by atoms with Gasteiger partial charge in [-0.05, 0) is 12.1 Å². The van der Waals surface area contributed by atoms with Crippen LogP contribution in [0.4, 0.5) is 13.2 Å². The summed E-state index contributed by atoms with van der Waals surface area (Å²) in [6.45, 7) is 0. The smallest absolute Gasteiger partial charge is 0.421 e. The summed E-state index contributed by atoms with van der Waals surface area (Å²) in [4.78, 5) is 11.1. The topological polar surface area (TPSA) is 37.3 Å². The first-order valence-electron chi connectivity index (χ1n) is 3.96. The van der Waals surface area contributed by atoms with Crippen molar-refractivity contribution in [2.45, 2.75) is 6.18 Å². The molecular formula is C9H5Cl2F3O2. The van der Waals surface area contributed by atoms with Crippen molar-refractivity contribution in [1.82, 2.24) is 0 Å². The molecule has 0 spiro atoms. The summed E-state index contributed by atoms with van der Waals surface area (Å²) in [6.07, 6.45) is -4.77. The van der Waals surface area contributed by atoms with E-state index >= 15 is 0 Å². The van der Waals surface area contributed by atoms with Crippen molar-refractivity contribution in [2.75, 3.05) is 5.88 Å². The predicted octanol–water partition coefficient (Wildman–Crippen LogP) is 3.49. The molecule has 7 heteroatoms. The highest BCUT2D eigenvalue weighted by atomic mass is 35.5. The highest BCUT2D eigenvalue weighted by molar-refractivity contribution is 6.33. The van der Waals surface area contributed by atoms with Crippen LogP contribution in [0.1, 0.15) is 15.9 Å². The van der Waals surface area contributed by atoms with E-state index in [1.54, 1.807) is 0 Å². The predicted molar refractivity (Wildman–Crippen MR) is 53.2 cm³/mol. The third-order valence-corrected chi connectivity index (χ3v) is 2.34. The Labute approximate surface area is 98.6 Å². The van der Waals surface area contributed by atoms with Crippen molar-refractivity contribution in [3.63, 3.8) is 0 Å². The monoisotopic (exact) mass is 272 g/mol. The van der Waals surface area contributed by atoms with E-state index in [2.05, 4.69) is 0 Å². The summed E-state index contributed by atoms with van der Waals surface area (Å²) in [5.74, 6) is -2.11. The minimum Gasteiger partial charge on any atom is -0.507 e. The number of hydrogen-bond acceptors (Lipinski definition) is 2. The van der Waals surface area contributed by atoms with Crippen molar-refractivity contribution >= 4 is 29.0 Å². The number of Topliss-reactive ketones (excluding diaryl/α,β-unsaturated/α-hetero) is 1. The molecule has 0 aliphatic heterocycles. The second-order valence-corrected chi connectivity index (χ2v) is 3.58. The van der Waals surface area contributed by atoms with Crippen LogP contribution in [0, 0.1) is 0 Å². The lowest BCUT2D eigenvalue weighted by Gasteiger charge is -2.11. The lowest BCUT2D eigenvalue weighted by atomic mass is 10.1. The van der Waals surface area contributed by atoms with Gasteiger partial charge in [-0.15, -0.1) is 11.6 Å². The third kappa shape index (κ3) is 2.59. The zero-order valence-corrected chi connectivity index (χ0v) is 9.12. The highest BCUT2D eigenvalue weighted by Crippen LogP contribution is 2.41. The summed E-state index contributed by atoms with van der Waals surface area (Å²) in [5, 5.41) is 8.42. The molecule has 0 aliphatic carbocycles. The molecule has 1 aromatic rings. The van der Waals surface area contributed by atoms with Gasteiger partial charge in [0.1, 0.15) is 11.3 Å². The Kier molecular flexibility index (Phi) is 3.70. The molecule has 16 heavy (non-hydrogen) atoms. The van der Waals surface area contributed by atoms with Crippen LogP contribution in [0.2, 0.25) is 5.02 Å². The van der Waals surface area contributed by atoms with Crippen LogP contribution in [-0.2, 0) is 6.18 Å². The molecule has 0 aromatic heterocycles. The fraction of sp³-hybridized carbons (Fsp3) is 0.222. The Bertz CT molecular complexity index is 406. The van der Waals surface area contributed by atoms with E-state index in [0.717, 1.165) is 6.07 Å². The third-order valence-electron chi connectivity index (χ3n) is 1.80. The van der Waals surface area contributed by atoms with Gasteiger partial charge in [-0.2, -0.15) is 13.2 Å². The molecule has 0 heterocycles. The lowest BCUT2D eigenvalue weighted by Crippen LogP contribution is -2.08. The molecule has 1 rings (SSSR count). The van der Waals surface area contributed by atoms with Crippen molar-refractivity contribution in [3.8, 4) is 5.75 Å². The molecule has 88 valence electrons. The Morgan fingerprint density at radius 2 is 1.94 bits per heavy atom. The highest BCUT2D eigenvalue weighted by Gasteiger charge is 2.37. The number of carbonyl (C=O) groups is 1. The van der Waals surface area contributed by atoms with Crippen molar-refractivity contribution in [3.05, 3.63) is 28.3 Å². The first kappa shape index (κ1) is 13.1. The quantitative estimate of drug-likeness (QED) is 0.661. The Morgan fingerprint density at radius 1 is 1.38 bits per heavy atom. The molecule has 0 bridgehead atoms. The number of hydrogen-bond donors (Lipinski definition) is 1. The van der Waals surface area contributed by atoms with Crippen LogP contribution >= 0.6 is 23.2 Å². The summed E-state index contributed by atoms with van der Waals surface area (Å²) in [6, 6.07) is 1.52. The minimum absolute atomic E-state index is 0.162. The van der Waals surface area contributed by atoms with Gasteiger partial charge >= 0.3 is 6.18 Å². The molecule has 0 aliphatic rings. The number of carbonyl (C=O) groups excluding carboxylic acids is 1. The normalized spacial score (nSPS) is 11.6. The molecule has 1 N–H and O–H groups in total. The fourth-order valence-electron chi connectivity index (χ4n) is 1.11. The SMILES string of the molecule is O=C(CCl)c1cc(O)c(C(F)(F)F)c(Cl)c1.